The van der Waals surface area contributed by atoms with Crippen LogP contribution in [-0.2, 0) is 0 Å². The largest absolute Gasteiger partial charge is 0.338 e. The standard InChI is InChI=1S/C24H22ClF2N3O3/c25-22-13-12-20(15-23(22)30(32)33)29-24(31)28-14-2-1-3-21(16-4-8-18(26)9-5-16)17-6-10-19(27)11-7-17/h4-13,15,21H,1-3,14H2,(H2,28,29,31). The lowest BCUT2D eigenvalue weighted by atomic mass is 9.87. The molecule has 0 aliphatic heterocycles. The normalized spacial score (nSPS) is 10.8. The number of rotatable bonds is 9. The van der Waals surface area contributed by atoms with E-state index in [1.54, 1.807) is 24.3 Å². The van der Waals surface area contributed by atoms with Gasteiger partial charge in [-0.2, -0.15) is 0 Å². The number of carbonyl (C=O) groups excluding carboxylic acids is 1. The Morgan fingerprint density at radius 2 is 1.52 bits per heavy atom. The Morgan fingerprint density at radius 3 is 2.06 bits per heavy atom. The topological polar surface area (TPSA) is 84.3 Å². The second-order valence-corrected chi connectivity index (χ2v) is 7.86. The summed E-state index contributed by atoms with van der Waals surface area (Å²) in [6, 6.07) is 16.0. The molecule has 9 heteroatoms. The van der Waals surface area contributed by atoms with E-state index in [0.29, 0.717) is 13.0 Å². The molecule has 172 valence electrons. The maximum atomic E-state index is 13.3. The maximum Gasteiger partial charge on any atom is 0.319 e. The molecule has 2 amide bonds. The van der Waals surface area contributed by atoms with Crippen molar-refractivity contribution in [2.24, 2.45) is 0 Å². The number of hydrogen-bond donors (Lipinski definition) is 2. The fourth-order valence-electron chi connectivity index (χ4n) is 3.50. The Hall–Kier alpha value is -3.52. The molecule has 0 aliphatic carbocycles. The molecule has 0 saturated heterocycles. The van der Waals surface area contributed by atoms with Crippen molar-refractivity contribution < 1.29 is 18.5 Å². The molecule has 0 bridgehead atoms. The minimum Gasteiger partial charge on any atom is -0.338 e. The molecule has 0 atom stereocenters. The minimum absolute atomic E-state index is 0.0113. The molecule has 2 N–H and O–H groups in total. The van der Waals surface area contributed by atoms with E-state index >= 15 is 0 Å². The lowest BCUT2D eigenvalue weighted by Crippen LogP contribution is -2.29. The van der Waals surface area contributed by atoms with Gasteiger partial charge in [0.25, 0.3) is 5.69 Å². The highest BCUT2D eigenvalue weighted by molar-refractivity contribution is 6.32. The monoisotopic (exact) mass is 473 g/mol. The van der Waals surface area contributed by atoms with Crippen LogP contribution in [0.4, 0.5) is 25.0 Å². The summed E-state index contributed by atoms with van der Waals surface area (Å²) in [6.07, 6.45) is 2.16. The second-order valence-electron chi connectivity index (χ2n) is 7.46. The van der Waals surface area contributed by atoms with Crippen LogP contribution in [0.1, 0.15) is 36.3 Å². The van der Waals surface area contributed by atoms with Crippen LogP contribution < -0.4 is 10.6 Å². The average Bonchev–Trinajstić information content (AvgIpc) is 2.79. The molecule has 0 heterocycles. The first-order chi connectivity index (χ1) is 15.8. The number of carbonyl (C=O) groups is 1. The van der Waals surface area contributed by atoms with E-state index in [1.807, 2.05) is 0 Å². The van der Waals surface area contributed by atoms with E-state index in [4.69, 9.17) is 11.6 Å². The van der Waals surface area contributed by atoms with Crippen LogP contribution in [0.2, 0.25) is 5.02 Å². The van der Waals surface area contributed by atoms with Crippen LogP contribution in [0.15, 0.2) is 66.7 Å². The molecule has 0 aromatic heterocycles. The molecule has 0 aliphatic rings. The number of amides is 2. The molecule has 3 aromatic carbocycles. The van der Waals surface area contributed by atoms with Crippen LogP contribution >= 0.6 is 11.6 Å². The SMILES string of the molecule is O=C(NCCCCC(c1ccc(F)cc1)c1ccc(F)cc1)Nc1ccc(Cl)c([N+](=O)[O-])c1. The summed E-state index contributed by atoms with van der Waals surface area (Å²) in [5.41, 5.74) is 1.83. The minimum atomic E-state index is -0.621. The summed E-state index contributed by atoms with van der Waals surface area (Å²) in [7, 11) is 0. The van der Waals surface area contributed by atoms with Crippen molar-refractivity contribution in [3.05, 3.63) is 105 Å². The summed E-state index contributed by atoms with van der Waals surface area (Å²) in [6.45, 7) is 0.390. The van der Waals surface area contributed by atoms with Gasteiger partial charge in [0.05, 0.1) is 4.92 Å². The van der Waals surface area contributed by atoms with Crippen molar-refractivity contribution in [3.8, 4) is 0 Å². The first-order valence-corrected chi connectivity index (χ1v) is 10.7. The van der Waals surface area contributed by atoms with E-state index in [0.717, 1.165) is 24.0 Å². The van der Waals surface area contributed by atoms with Gasteiger partial charge in [0.2, 0.25) is 0 Å². The lowest BCUT2D eigenvalue weighted by Gasteiger charge is -2.18. The number of urea groups is 1. The Morgan fingerprint density at radius 1 is 0.939 bits per heavy atom. The summed E-state index contributed by atoms with van der Waals surface area (Å²) >= 11 is 5.77. The summed E-state index contributed by atoms with van der Waals surface area (Å²) in [5, 5.41) is 16.2. The molecular weight excluding hydrogens is 452 g/mol. The van der Waals surface area contributed by atoms with Gasteiger partial charge in [0.1, 0.15) is 16.7 Å². The van der Waals surface area contributed by atoms with Gasteiger partial charge in [-0.25, -0.2) is 13.6 Å². The van der Waals surface area contributed by atoms with Crippen LogP contribution in [-0.4, -0.2) is 17.5 Å². The van der Waals surface area contributed by atoms with Crippen molar-refractivity contribution in [2.75, 3.05) is 11.9 Å². The molecule has 6 nitrogen and oxygen atoms in total. The van der Waals surface area contributed by atoms with Crippen LogP contribution in [0, 0.1) is 21.7 Å². The third-order valence-corrected chi connectivity index (χ3v) is 5.47. The van der Waals surface area contributed by atoms with Gasteiger partial charge in [-0.15, -0.1) is 0 Å². The molecule has 3 aromatic rings. The molecule has 0 spiro atoms. The third kappa shape index (κ3) is 6.98. The van der Waals surface area contributed by atoms with Gasteiger partial charge in [-0.3, -0.25) is 10.1 Å². The summed E-state index contributed by atoms with van der Waals surface area (Å²) < 4.78 is 26.7. The first kappa shape index (κ1) is 24.1. The van der Waals surface area contributed by atoms with Gasteiger partial charge in [-0.05, 0) is 60.4 Å². The van der Waals surface area contributed by atoms with E-state index in [2.05, 4.69) is 10.6 Å². The number of nitro groups is 1. The van der Waals surface area contributed by atoms with Gasteiger partial charge >= 0.3 is 6.03 Å². The van der Waals surface area contributed by atoms with Crippen molar-refractivity contribution >= 4 is 29.0 Å². The lowest BCUT2D eigenvalue weighted by molar-refractivity contribution is -0.384. The van der Waals surface area contributed by atoms with Crippen molar-refractivity contribution in [3.63, 3.8) is 0 Å². The highest BCUT2D eigenvalue weighted by atomic mass is 35.5. The average molecular weight is 474 g/mol. The predicted octanol–water partition coefficient (Wildman–Crippen LogP) is 6.65. The van der Waals surface area contributed by atoms with Gasteiger partial charge in [-0.1, -0.05) is 42.3 Å². The molecule has 3 rings (SSSR count). The Bertz CT molecular complexity index is 1060. The van der Waals surface area contributed by atoms with E-state index in [-0.39, 0.29) is 33.9 Å². The summed E-state index contributed by atoms with van der Waals surface area (Å²) in [4.78, 5) is 22.4. The van der Waals surface area contributed by atoms with Gasteiger partial charge < -0.3 is 10.6 Å². The fraction of sp³-hybridized carbons (Fsp3) is 0.208. The van der Waals surface area contributed by atoms with Gasteiger partial charge in [0, 0.05) is 24.2 Å². The maximum absolute atomic E-state index is 13.3. The van der Waals surface area contributed by atoms with E-state index in [1.165, 1.54) is 42.5 Å². The zero-order valence-electron chi connectivity index (χ0n) is 17.6. The number of nitrogens with one attached hydrogen (secondary N) is 2. The predicted molar refractivity (Wildman–Crippen MR) is 124 cm³/mol. The number of nitrogens with zero attached hydrogens (tertiary/aromatic N) is 1. The quantitative estimate of drug-likeness (QED) is 0.207. The Kier molecular flexibility index (Phi) is 8.32. The molecule has 0 saturated carbocycles. The molecular formula is C24H22ClF2N3O3. The highest BCUT2D eigenvalue weighted by Gasteiger charge is 2.15. The Labute approximate surface area is 194 Å². The highest BCUT2D eigenvalue weighted by Crippen LogP contribution is 2.30. The van der Waals surface area contributed by atoms with Crippen LogP contribution in [0.25, 0.3) is 0 Å². The first-order valence-electron chi connectivity index (χ1n) is 10.3. The van der Waals surface area contributed by atoms with Crippen LogP contribution in [0.3, 0.4) is 0 Å². The number of hydrogen-bond acceptors (Lipinski definition) is 3. The van der Waals surface area contributed by atoms with Crippen LogP contribution in [0.5, 0.6) is 0 Å². The fourth-order valence-corrected chi connectivity index (χ4v) is 3.68. The number of anilines is 1. The molecule has 0 fully saturated rings. The number of nitro benzene ring substituents is 1. The summed E-state index contributed by atoms with van der Waals surface area (Å²) in [5.74, 6) is -0.676. The number of halogens is 3. The Balaban J connectivity index is 1.52. The zero-order valence-corrected chi connectivity index (χ0v) is 18.3. The number of unbranched alkanes of at least 4 members (excludes halogenated alkanes) is 1. The van der Waals surface area contributed by atoms with E-state index < -0.39 is 11.0 Å². The molecule has 33 heavy (non-hydrogen) atoms. The smallest absolute Gasteiger partial charge is 0.319 e. The zero-order chi connectivity index (χ0) is 23.8. The van der Waals surface area contributed by atoms with E-state index in [9.17, 15) is 23.7 Å². The molecule has 0 radical (unpaired) electrons. The number of benzene rings is 3. The van der Waals surface area contributed by atoms with Crippen molar-refractivity contribution in [1.82, 2.24) is 5.32 Å². The van der Waals surface area contributed by atoms with Gasteiger partial charge in [0.15, 0.2) is 0 Å². The second kappa shape index (κ2) is 11.4. The molecule has 0 unspecified atom stereocenters. The van der Waals surface area contributed by atoms with Crippen molar-refractivity contribution in [1.29, 1.82) is 0 Å². The third-order valence-electron chi connectivity index (χ3n) is 5.15. The van der Waals surface area contributed by atoms with Crippen molar-refractivity contribution in [2.45, 2.75) is 25.2 Å².